The molecule has 0 aromatic heterocycles. The van der Waals surface area contributed by atoms with Crippen LogP contribution >= 0.6 is 0 Å². The molecule has 0 aliphatic heterocycles. The third kappa shape index (κ3) is 18.3. The second kappa shape index (κ2) is 17.0. The van der Waals surface area contributed by atoms with Crippen molar-refractivity contribution in [3.05, 3.63) is 0 Å². The van der Waals surface area contributed by atoms with E-state index in [2.05, 4.69) is 26.9 Å². The fourth-order valence-corrected chi connectivity index (χ4v) is 4.15. The Morgan fingerprint density at radius 1 is 0.478 bits per heavy atom. The predicted molar refractivity (Wildman–Crippen MR) is 105 cm³/mol. The second-order valence-electron chi connectivity index (χ2n) is 7.34. The normalized spacial score (nSPS) is 12.0. The van der Waals surface area contributed by atoms with Gasteiger partial charge in [-0.3, -0.25) is 0 Å². The Bertz CT molecular complexity index is 232. The standard InChI is InChI=1S/C20H44O2Si/c1-5-7-9-11-13-14-16-18-20-22-23(3,4)21-19-17-15-12-10-8-6-2/h5-20H2,1-4H3. The Labute approximate surface area is 148 Å². The van der Waals surface area contributed by atoms with Crippen molar-refractivity contribution in [1.29, 1.82) is 0 Å². The SMILES string of the molecule is CCCCCCCCCCO[Si](C)(C)OCCCCCCCC. The van der Waals surface area contributed by atoms with Crippen molar-refractivity contribution in [1.82, 2.24) is 0 Å². The lowest BCUT2D eigenvalue weighted by molar-refractivity contribution is 0.172. The quantitative estimate of drug-likeness (QED) is 0.193. The Morgan fingerprint density at radius 2 is 0.783 bits per heavy atom. The van der Waals surface area contributed by atoms with Gasteiger partial charge in [-0.1, -0.05) is 90.9 Å². The van der Waals surface area contributed by atoms with Crippen LogP contribution in [0.1, 0.15) is 104 Å². The lowest BCUT2D eigenvalue weighted by atomic mass is 10.1. The molecule has 0 radical (unpaired) electrons. The molecule has 0 saturated carbocycles. The van der Waals surface area contributed by atoms with Crippen LogP contribution in [-0.4, -0.2) is 21.8 Å². The van der Waals surface area contributed by atoms with Crippen LogP contribution in [0.25, 0.3) is 0 Å². The molecule has 0 saturated heterocycles. The number of hydrogen-bond donors (Lipinski definition) is 0. The van der Waals surface area contributed by atoms with E-state index in [4.69, 9.17) is 8.85 Å². The van der Waals surface area contributed by atoms with E-state index in [0.29, 0.717) is 0 Å². The van der Waals surface area contributed by atoms with Gasteiger partial charge < -0.3 is 8.85 Å². The van der Waals surface area contributed by atoms with Crippen LogP contribution in [0.4, 0.5) is 0 Å². The molecule has 0 aliphatic carbocycles. The summed E-state index contributed by atoms with van der Waals surface area (Å²) in [6.07, 6.45) is 18.8. The fraction of sp³-hybridized carbons (Fsp3) is 1.00. The summed E-state index contributed by atoms with van der Waals surface area (Å²) in [6.45, 7) is 10.7. The number of unbranched alkanes of at least 4 members (excludes halogenated alkanes) is 12. The highest BCUT2D eigenvalue weighted by atomic mass is 28.4. The molecule has 0 aromatic carbocycles. The molecule has 0 spiro atoms. The summed E-state index contributed by atoms with van der Waals surface area (Å²) in [5.74, 6) is 0. The van der Waals surface area contributed by atoms with Crippen molar-refractivity contribution in [2.75, 3.05) is 13.2 Å². The van der Waals surface area contributed by atoms with Gasteiger partial charge in [0.05, 0.1) is 0 Å². The van der Waals surface area contributed by atoms with Crippen LogP contribution in [0, 0.1) is 0 Å². The van der Waals surface area contributed by atoms with Gasteiger partial charge in [0.1, 0.15) is 0 Å². The molecule has 0 heterocycles. The van der Waals surface area contributed by atoms with Gasteiger partial charge in [0.15, 0.2) is 0 Å². The van der Waals surface area contributed by atoms with E-state index in [1.807, 2.05) is 0 Å². The highest BCUT2D eigenvalue weighted by Crippen LogP contribution is 2.12. The molecule has 0 fully saturated rings. The summed E-state index contributed by atoms with van der Waals surface area (Å²) in [5, 5.41) is 0. The van der Waals surface area contributed by atoms with Crippen LogP contribution in [-0.2, 0) is 8.85 Å². The summed E-state index contributed by atoms with van der Waals surface area (Å²) in [5.41, 5.74) is 0. The van der Waals surface area contributed by atoms with Gasteiger partial charge >= 0.3 is 8.56 Å². The molecule has 0 atom stereocenters. The minimum Gasteiger partial charge on any atom is -0.395 e. The van der Waals surface area contributed by atoms with Crippen LogP contribution in [0.3, 0.4) is 0 Å². The van der Waals surface area contributed by atoms with Crippen LogP contribution in [0.2, 0.25) is 13.1 Å². The topological polar surface area (TPSA) is 18.5 Å². The number of hydrogen-bond acceptors (Lipinski definition) is 2. The van der Waals surface area contributed by atoms with E-state index in [1.54, 1.807) is 0 Å². The molecule has 2 nitrogen and oxygen atoms in total. The molecule has 0 N–H and O–H groups in total. The zero-order chi connectivity index (χ0) is 17.2. The molecule has 23 heavy (non-hydrogen) atoms. The van der Waals surface area contributed by atoms with Crippen molar-refractivity contribution in [2.45, 2.75) is 117 Å². The zero-order valence-electron chi connectivity index (χ0n) is 16.6. The molecular formula is C20H44O2Si. The average Bonchev–Trinajstić information content (AvgIpc) is 2.52. The first-order valence-electron chi connectivity index (χ1n) is 10.4. The monoisotopic (exact) mass is 344 g/mol. The Kier molecular flexibility index (Phi) is 17.1. The Hall–Kier alpha value is 0.137. The molecule has 3 heteroatoms. The van der Waals surface area contributed by atoms with Crippen molar-refractivity contribution in [3.8, 4) is 0 Å². The highest BCUT2D eigenvalue weighted by Gasteiger charge is 2.23. The average molecular weight is 345 g/mol. The van der Waals surface area contributed by atoms with Crippen LogP contribution in [0.5, 0.6) is 0 Å². The molecule has 0 aromatic rings. The maximum atomic E-state index is 6.04. The van der Waals surface area contributed by atoms with Gasteiger partial charge in [0.2, 0.25) is 0 Å². The smallest absolute Gasteiger partial charge is 0.331 e. The molecule has 0 bridgehead atoms. The summed E-state index contributed by atoms with van der Waals surface area (Å²) in [6, 6.07) is 0. The summed E-state index contributed by atoms with van der Waals surface area (Å²) < 4.78 is 12.1. The van der Waals surface area contributed by atoms with E-state index in [0.717, 1.165) is 13.2 Å². The lowest BCUT2D eigenvalue weighted by Crippen LogP contribution is -2.35. The van der Waals surface area contributed by atoms with Crippen molar-refractivity contribution in [3.63, 3.8) is 0 Å². The van der Waals surface area contributed by atoms with E-state index in [9.17, 15) is 0 Å². The van der Waals surface area contributed by atoms with Gasteiger partial charge in [0, 0.05) is 13.2 Å². The third-order valence-electron chi connectivity index (χ3n) is 4.40. The predicted octanol–water partition coefficient (Wildman–Crippen LogP) is 7.22. The van der Waals surface area contributed by atoms with Gasteiger partial charge in [-0.15, -0.1) is 0 Å². The minimum atomic E-state index is -1.86. The van der Waals surface area contributed by atoms with Gasteiger partial charge in [-0.2, -0.15) is 0 Å². The molecule has 140 valence electrons. The van der Waals surface area contributed by atoms with Crippen LogP contribution in [0.15, 0.2) is 0 Å². The molecular weight excluding hydrogens is 300 g/mol. The van der Waals surface area contributed by atoms with Gasteiger partial charge in [-0.05, 0) is 25.9 Å². The summed E-state index contributed by atoms with van der Waals surface area (Å²) >= 11 is 0. The Balaban J connectivity index is 3.33. The molecule has 0 aliphatic rings. The molecule has 0 amide bonds. The maximum absolute atomic E-state index is 6.04. The lowest BCUT2D eigenvalue weighted by Gasteiger charge is -2.23. The van der Waals surface area contributed by atoms with E-state index < -0.39 is 8.56 Å². The fourth-order valence-electron chi connectivity index (χ4n) is 2.80. The van der Waals surface area contributed by atoms with Gasteiger partial charge in [-0.25, -0.2) is 0 Å². The first kappa shape index (κ1) is 23.1. The first-order valence-corrected chi connectivity index (χ1v) is 13.2. The van der Waals surface area contributed by atoms with Crippen LogP contribution < -0.4 is 0 Å². The van der Waals surface area contributed by atoms with Crippen molar-refractivity contribution >= 4 is 8.56 Å². The van der Waals surface area contributed by atoms with E-state index in [1.165, 1.54) is 89.9 Å². The Morgan fingerprint density at radius 3 is 1.13 bits per heavy atom. The summed E-state index contributed by atoms with van der Waals surface area (Å²) in [7, 11) is -1.86. The number of rotatable bonds is 18. The van der Waals surface area contributed by atoms with E-state index in [-0.39, 0.29) is 0 Å². The highest BCUT2D eigenvalue weighted by molar-refractivity contribution is 6.64. The molecule has 0 unspecified atom stereocenters. The van der Waals surface area contributed by atoms with Crippen molar-refractivity contribution < 1.29 is 8.85 Å². The minimum absolute atomic E-state index is 0.892. The first-order chi connectivity index (χ1) is 11.1. The van der Waals surface area contributed by atoms with E-state index >= 15 is 0 Å². The molecule has 0 rings (SSSR count). The maximum Gasteiger partial charge on any atom is 0.331 e. The third-order valence-corrected chi connectivity index (χ3v) is 6.19. The summed E-state index contributed by atoms with van der Waals surface area (Å²) in [4.78, 5) is 0. The second-order valence-corrected chi connectivity index (χ2v) is 10.7. The largest absolute Gasteiger partial charge is 0.395 e. The van der Waals surface area contributed by atoms with Crippen molar-refractivity contribution in [2.24, 2.45) is 0 Å². The zero-order valence-corrected chi connectivity index (χ0v) is 17.6. The van der Waals surface area contributed by atoms with Gasteiger partial charge in [0.25, 0.3) is 0 Å².